The SMILES string of the molecule is CCCCCCCC/C=C\CCCCCCCCC(O)C(=O)NC(CO)C(O)C(O)CCC/C=C/CCCCCCCCCCCCCCCCCCCC. The fourth-order valence-corrected chi connectivity index (χ4v) is 7.52. The molecule has 0 bridgehead atoms. The number of aliphatic hydroxyl groups is 4. The van der Waals surface area contributed by atoms with Gasteiger partial charge in [-0.3, -0.25) is 4.79 Å². The highest BCUT2D eigenvalue weighted by Crippen LogP contribution is 2.16. The number of aliphatic hydroxyl groups excluding tert-OH is 4. The highest BCUT2D eigenvalue weighted by atomic mass is 16.3. The Labute approximate surface area is 342 Å². The molecule has 6 nitrogen and oxygen atoms in total. The number of rotatable bonds is 44. The first-order valence-electron chi connectivity index (χ1n) is 24.2. The van der Waals surface area contributed by atoms with Crippen LogP contribution in [0.3, 0.4) is 0 Å². The average molecular weight is 778 g/mol. The van der Waals surface area contributed by atoms with Crippen molar-refractivity contribution in [2.45, 2.75) is 276 Å². The molecule has 326 valence electrons. The topological polar surface area (TPSA) is 110 Å². The monoisotopic (exact) mass is 778 g/mol. The maximum atomic E-state index is 12.5. The largest absolute Gasteiger partial charge is 0.394 e. The van der Waals surface area contributed by atoms with E-state index in [9.17, 15) is 25.2 Å². The second kappa shape index (κ2) is 43.9. The van der Waals surface area contributed by atoms with Gasteiger partial charge in [-0.2, -0.15) is 0 Å². The first-order chi connectivity index (χ1) is 27.0. The number of hydrogen-bond donors (Lipinski definition) is 5. The quantitative estimate of drug-likeness (QED) is 0.0313. The summed E-state index contributed by atoms with van der Waals surface area (Å²) >= 11 is 0. The zero-order valence-electron chi connectivity index (χ0n) is 36.7. The molecule has 0 aliphatic carbocycles. The first kappa shape index (κ1) is 53.8. The summed E-state index contributed by atoms with van der Waals surface area (Å²) in [5.41, 5.74) is 0. The third-order valence-electron chi connectivity index (χ3n) is 11.4. The fraction of sp³-hybridized carbons (Fsp3) is 0.898. The third-order valence-corrected chi connectivity index (χ3v) is 11.4. The van der Waals surface area contributed by atoms with Gasteiger partial charge in [-0.1, -0.05) is 212 Å². The number of carbonyl (C=O) groups is 1. The molecular weight excluding hydrogens is 683 g/mol. The Balaban J connectivity index is 3.72. The van der Waals surface area contributed by atoms with Crippen LogP contribution in [0.2, 0.25) is 0 Å². The van der Waals surface area contributed by atoms with E-state index in [0.717, 1.165) is 44.9 Å². The normalized spacial score (nSPS) is 14.2. The van der Waals surface area contributed by atoms with Crippen LogP contribution in [-0.4, -0.2) is 57.3 Å². The van der Waals surface area contributed by atoms with E-state index in [1.54, 1.807) is 0 Å². The van der Waals surface area contributed by atoms with Crippen LogP contribution < -0.4 is 5.32 Å². The standard InChI is InChI=1S/C49H95NO5/c1-3-5-7-9-11-13-15-17-19-21-22-23-24-25-26-27-29-30-32-34-36-38-40-42-46(52)48(54)45(44-51)50-49(55)47(53)43-41-39-37-35-33-31-28-20-18-16-14-12-10-8-6-4-2/h18,20,34,36,45-48,51-54H,3-17,19,21-33,35,37-44H2,1-2H3,(H,50,55)/b20-18-,36-34+. The highest BCUT2D eigenvalue weighted by Gasteiger charge is 2.28. The van der Waals surface area contributed by atoms with Crippen LogP contribution in [0.1, 0.15) is 251 Å². The molecule has 5 N–H and O–H groups in total. The predicted octanol–water partition coefficient (Wildman–Crippen LogP) is 13.1. The van der Waals surface area contributed by atoms with Crippen molar-refractivity contribution in [2.75, 3.05) is 6.61 Å². The van der Waals surface area contributed by atoms with Crippen LogP contribution in [0, 0.1) is 0 Å². The van der Waals surface area contributed by atoms with Crippen LogP contribution in [0.25, 0.3) is 0 Å². The summed E-state index contributed by atoms with van der Waals surface area (Å²) in [4.78, 5) is 12.5. The van der Waals surface area contributed by atoms with Crippen molar-refractivity contribution in [2.24, 2.45) is 0 Å². The van der Waals surface area contributed by atoms with Crippen molar-refractivity contribution >= 4 is 5.91 Å². The Morgan fingerprint density at radius 1 is 0.436 bits per heavy atom. The second-order valence-corrected chi connectivity index (χ2v) is 16.8. The van der Waals surface area contributed by atoms with Crippen molar-refractivity contribution < 1.29 is 25.2 Å². The summed E-state index contributed by atoms with van der Waals surface area (Å²) in [5, 5.41) is 43.7. The lowest BCUT2D eigenvalue weighted by molar-refractivity contribution is -0.132. The maximum absolute atomic E-state index is 12.5. The lowest BCUT2D eigenvalue weighted by Gasteiger charge is -2.27. The summed E-state index contributed by atoms with van der Waals surface area (Å²) < 4.78 is 0. The van der Waals surface area contributed by atoms with Gasteiger partial charge in [-0.05, 0) is 64.2 Å². The molecule has 0 heterocycles. The molecule has 0 fully saturated rings. The van der Waals surface area contributed by atoms with E-state index in [0.29, 0.717) is 12.8 Å². The second-order valence-electron chi connectivity index (χ2n) is 16.8. The van der Waals surface area contributed by atoms with E-state index < -0.39 is 36.9 Å². The smallest absolute Gasteiger partial charge is 0.249 e. The summed E-state index contributed by atoms with van der Waals surface area (Å²) in [5.74, 6) is -0.597. The Morgan fingerprint density at radius 2 is 0.745 bits per heavy atom. The molecule has 0 spiro atoms. The molecule has 4 atom stereocenters. The molecule has 0 saturated carbocycles. The van der Waals surface area contributed by atoms with E-state index in [2.05, 4.69) is 43.5 Å². The number of carbonyl (C=O) groups excluding carboxylic acids is 1. The van der Waals surface area contributed by atoms with E-state index in [1.807, 2.05) is 0 Å². The molecule has 1 amide bonds. The zero-order valence-corrected chi connectivity index (χ0v) is 36.7. The molecule has 0 aromatic rings. The molecule has 0 aromatic heterocycles. The summed E-state index contributed by atoms with van der Waals surface area (Å²) in [6.07, 6.45) is 50.8. The van der Waals surface area contributed by atoms with E-state index in [4.69, 9.17) is 0 Å². The van der Waals surface area contributed by atoms with Crippen molar-refractivity contribution in [3.63, 3.8) is 0 Å². The van der Waals surface area contributed by atoms with E-state index in [-0.39, 0.29) is 0 Å². The highest BCUT2D eigenvalue weighted by molar-refractivity contribution is 5.80. The summed E-state index contributed by atoms with van der Waals surface area (Å²) in [6, 6.07) is -1.00. The first-order valence-corrected chi connectivity index (χ1v) is 24.2. The number of unbranched alkanes of at least 4 members (excludes halogenated alkanes) is 31. The van der Waals surface area contributed by atoms with Crippen molar-refractivity contribution in [3.8, 4) is 0 Å². The van der Waals surface area contributed by atoms with Gasteiger partial charge in [0.2, 0.25) is 5.91 Å². The average Bonchev–Trinajstić information content (AvgIpc) is 3.19. The Bertz CT molecular complexity index is 832. The van der Waals surface area contributed by atoms with Gasteiger partial charge >= 0.3 is 0 Å². The van der Waals surface area contributed by atoms with Crippen LogP contribution in [0.4, 0.5) is 0 Å². The molecule has 0 aliphatic rings. The van der Waals surface area contributed by atoms with Crippen molar-refractivity contribution in [1.29, 1.82) is 0 Å². The number of amides is 1. The minimum Gasteiger partial charge on any atom is -0.394 e. The molecule has 0 saturated heterocycles. The van der Waals surface area contributed by atoms with Gasteiger partial charge in [-0.25, -0.2) is 0 Å². The molecule has 6 heteroatoms. The summed E-state index contributed by atoms with van der Waals surface area (Å²) in [7, 11) is 0. The Hall–Kier alpha value is -1.21. The van der Waals surface area contributed by atoms with Gasteiger partial charge < -0.3 is 25.7 Å². The number of allylic oxidation sites excluding steroid dienone is 4. The van der Waals surface area contributed by atoms with E-state index in [1.165, 1.54) is 180 Å². The van der Waals surface area contributed by atoms with Gasteiger partial charge in [0, 0.05) is 0 Å². The molecule has 0 rings (SSSR count). The predicted molar refractivity (Wildman–Crippen MR) is 237 cm³/mol. The zero-order chi connectivity index (χ0) is 40.3. The fourth-order valence-electron chi connectivity index (χ4n) is 7.52. The summed E-state index contributed by atoms with van der Waals surface area (Å²) in [6.45, 7) is 4.05. The van der Waals surface area contributed by atoms with Crippen LogP contribution >= 0.6 is 0 Å². The number of nitrogens with one attached hydrogen (secondary N) is 1. The van der Waals surface area contributed by atoms with Gasteiger partial charge in [0.1, 0.15) is 12.2 Å². The molecule has 0 aliphatic heterocycles. The lowest BCUT2D eigenvalue weighted by atomic mass is 10.00. The van der Waals surface area contributed by atoms with Gasteiger partial charge in [-0.15, -0.1) is 0 Å². The Morgan fingerprint density at radius 3 is 1.09 bits per heavy atom. The lowest BCUT2D eigenvalue weighted by Crippen LogP contribution is -2.53. The van der Waals surface area contributed by atoms with Gasteiger partial charge in [0.15, 0.2) is 0 Å². The molecule has 0 radical (unpaired) electrons. The van der Waals surface area contributed by atoms with Gasteiger partial charge in [0.25, 0.3) is 0 Å². The minimum atomic E-state index is -1.28. The van der Waals surface area contributed by atoms with Crippen molar-refractivity contribution in [3.05, 3.63) is 24.3 Å². The van der Waals surface area contributed by atoms with Crippen molar-refractivity contribution in [1.82, 2.24) is 5.32 Å². The minimum absolute atomic E-state index is 0.357. The van der Waals surface area contributed by atoms with E-state index >= 15 is 0 Å². The van der Waals surface area contributed by atoms with Crippen LogP contribution in [0.15, 0.2) is 24.3 Å². The van der Waals surface area contributed by atoms with Gasteiger partial charge in [0.05, 0.1) is 18.8 Å². The number of hydrogen-bond acceptors (Lipinski definition) is 5. The molecular formula is C49H95NO5. The Kier molecular flexibility index (Phi) is 42.9. The molecule has 4 unspecified atom stereocenters. The maximum Gasteiger partial charge on any atom is 0.249 e. The van der Waals surface area contributed by atoms with Crippen LogP contribution in [-0.2, 0) is 4.79 Å². The molecule has 55 heavy (non-hydrogen) atoms. The molecule has 0 aromatic carbocycles. The van der Waals surface area contributed by atoms with Crippen LogP contribution in [0.5, 0.6) is 0 Å². The third kappa shape index (κ3) is 38.1.